The van der Waals surface area contributed by atoms with E-state index < -0.39 is 5.97 Å². The summed E-state index contributed by atoms with van der Waals surface area (Å²) in [5.41, 5.74) is 0.240. The molecule has 0 unspecified atom stereocenters. The standard InChI is InChI=1S/C15H9Cl2NO4/c1-21-13-3-2-9(6-10(13)15(19)20)22-14-11(16)4-8(7-18)5-12(14)17/h2-6H,1H3,(H,19,20). The molecule has 7 heteroatoms. The highest BCUT2D eigenvalue weighted by atomic mass is 35.5. The zero-order valence-corrected chi connectivity index (χ0v) is 12.8. The summed E-state index contributed by atoms with van der Waals surface area (Å²) in [4.78, 5) is 11.2. The van der Waals surface area contributed by atoms with Crippen LogP contribution < -0.4 is 9.47 Å². The van der Waals surface area contributed by atoms with Crippen LogP contribution in [0, 0.1) is 11.3 Å². The van der Waals surface area contributed by atoms with Crippen LogP contribution in [0.25, 0.3) is 0 Å². The summed E-state index contributed by atoms with van der Waals surface area (Å²) >= 11 is 12.0. The first-order chi connectivity index (χ1) is 10.5. The lowest BCUT2D eigenvalue weighted by Crippen LogP contribution is -2.01. The van der Waals surface area contributed by atoms with E-state index >= 15 is 0 Å². The normalized spacial score (nSPS) is 9.91. The van der Waals surface area contributed by atoms with E-state index in [2.05, 4.69) is 0 Å². The number of halogens is 2. The molecular formula is C15H9Cl2NO4. The molecule has 0 spiro atoms. The Labute approximate surface area is 136 Å². The second-order valence-corrected chi connectivity index (χ2v) is 4.96. The fraction of sp³-hybridized carbons (Fsp3) is 0.0667. The Morgan fingerprint density at radius 3 is 2.36 bits per heavy atom. The van der Waals surface area contributed by atoms with E-state index in [-0.39, 0.29) is 32.9 Å². The predicted molar refractivity (Wildman–Crippen MR) is 81.2 cm³/mol. The zero-order chi connectivity index (χ0) is 16.3. The quantitative estimate of drug-likeness (QED) is 0.896. The number of hydrogen-bond acceptors (Lipinski definition) is 4. The van der Waals surface area contributed by atoms with Crippen LogP contribution in [0.3, 0.4) is 0 Å². The minimum Gasteiger partial charge on any atom is -0.496 e. The molecule has 1 N–H and O–H groups in total. The minimum atomic E-state index is -1.15. The van der Waals surface area contributed by atoms with Crippen molar-refractivity contribution >= 4 is 29.2 Å². The van der Waals surface area contributed by atoms with E-state index in [4.69, 9.17) is 43.0 Å². The Morgan fingerprint density at radius 2 is 1.86 bits per heavy atom. The molecule has 0 atom stereocenters. The average Bonchev–Trinajstić information content (AvgIpc) is 2.50. The first-order valence-corrected chi connectivity index (χ1v) is 6.70. The Hall–Kier alpha value is -2.42. The number of benzene rings is 2. The molecule has 0 fully saturated rings. The Morgan fingerprint density at radius 1 is 1.23 bits per heavy atom. The first-order valence-electron chi connectivity index (χ1n) is 5.94. The van der Waals surface area contributed by atoms with Crippen LogP contribution in [0.15, 0.2) is 30.3 Å². The number of hydrogen-bond donors (Lipinski definition) is 1. The van der Waals surface area contributed by atoms with Gasteiger partial charge in [0.1, 0.15) is 17.1 Å². The first kappa shape index (κ1) is 16.0. The third kappa shape index (κ3) is 3.25. The summed E-state index contributed by atoms with van der Waals surface area (Å²) in [5, 5.41) is 18.3. The molecule has 0 saturated heterocycles. The number of rotatable bonds is 4. The van der Waals surface area contributed by atoms with Gasteiger partial charge < -0.3 is 14.6 Å². The molecule has 0 heterocycles. The summed E-state index contributed by atoms with van der Waals surface area (Å²) in [7, 11) is 1.37. The van der Waals surface area contributed by atoms with Crippen molar-refractivity contribution in [3.8, 4) is 23.3 Å². The molecular weight excluding hydrogens is 329 g/mol. The van der Waals surface area contributed by atoms with Gasteiger partial charge in [0, 0.05) is 0 Å². The van der Waals surface area contributed by atoms with Gasteiger partial charge in [0.2, 0.25) is 0 Å². The van der Waals surface area contributed by atoms with E-state index in [1.807, 2.05) is 6.07 Å². The largest absolute Gasteiger partial charge is 0.496 e. The number of ether oxygens (including phenoxy) is 2. The van der Waals surface area contributed by atoms with Gasteiger partial charge in [-0.25, -0.2) is 4.79 Å². The Kier molecular flexibility index (Phi) is 4.76. The van der Waals surface area contributed by atoms with Crippen molar-refractivity contribution in [2.45, 2.75) is 0 Å². The van der Waals surface area contributed by atoms with Crippen LogP contribution in [0.5, 0.6) is 17.2 Å². The van der Waals surface area contributed by atoms with Crippen molar-refractivity contribution in [2.24, 2.45) is 0 Å². The van der Waals surface area contributed by atoms with Gasteiger partial charge in [-0.2, -0.15) is 5.26 Å². The molecule has 0 radical (unpaired) electrons. The number of aromatic carboxylic acids is 1. The fourth-order valence-corrected chi connectivity index (χ4v) is 2.32. The van der Waals surface area contributed by atoms with Crippen molar-refractivity contribution < 1.29 is 19.4 Å². The molecule has 2 aromatic rings. The minimum absolute atomic E-state index is 0.0547. The SMILES string of the molecule is COc1ccc(Oc2c(Cl)cc(C#N)cc2Cl)cc1C(=O)O. The lowest BCUT2D eigenvalue weighted by atomic mass is 10.2. The summed E-state index contributed by atoms with van der Waals surface area (Å²) in [6, 6.07) is 9.02. The Bertz CT molecular complexity index is 761. The molecule has 112 valence electrons. The van der Waals surface area contributed by atoms with Crippen LogP contribution >= 0.6 is 23.2 Å². The molecule has 0 saturated carbocycles. The van der Waals surface area contributed by atoms with Gasteiger partial charge >= 0.3 is 5.97 Å². The third-order valence-corrected chi connectivity index (χ3v) is 3.31. The van der Waals surface area contributed by atoms with E-state index in [9.17, 15) is 4.79 Å². The monoisotopic (exact) mass is 337 g/mol. The molecule has 22 heavy (non-hydrogen) atoms. The van der Waals surface area contributed by atoms with Crippen molar-refractivity contribution in [3.63, 3.8) is 0 Å². The van der Waals surface area contributed by atoms with E-state index in [1.54, 1.807) is 0 Å². The fourth-order valence-electron chi connectivity index (χ4n) is 1.76. The number of methoxy groups -OCH3 is 1. The van der Waals surface area contributed by atoms with Gasteiger partial charge in [0.15, 0.2) is 5.75 Å². The molecule has 0 aliphatic heterocycles. The molecule has 2 rings (SSSR count). The van der Waals surface area contributed by atoms with Gasteiger partial charge in [-0.1, -0.05) is 23.2 Å². The van der Waals surface area contributed by atoms with Crippen LogP contribution in [0.4, 0.5) is 0 Å². The van der Waals surface area contributed by atoms with Crippen LogP contribution in [-0.2, 0) is 0 Å². The number of carboxylic acids is 1. The highest BCUT2D eigenvalue weighted by Gasteiger charge is 2.15. The van der Waals surface area contributed by atoms with Crippen LogP contribution in [-0.4, -0.2) is 18.2 Å². The number of carbonyl (C=O) groups is 1. The van der Waals surface area contributed by atoms with Gasteiger partial charge in [-0.15, -0.1) is 0 Å². The maximum atomic E-state index is 11.2. The van der Waals surface area contributed by atoms with Gasteiger partial charge in [-0.3, -0.25) is 0 Å². The third-order valence-electron chi connectivity index (χ3n) is 2.75. The maximum absolute atomic E-state index is 11.2. The smallest absolute Gasteiger partial charge is 0.339 e. The molecule has 0 aromatic heterocycles. The second kappa shape index (κ2) is 6.56. The zero-order valence-electron chi connectivity index (χ0n) is 11.3. The van der Waals surface area contributed by atoms with Crippen molar-refractivity contribution in [3.05, 3.63) is 51.5 Å². The lowest BCUT2D eigenvalue weighted by molar-refractivity contribution is 0.0693. The molecule has 2 aromatic carbocycles. The predicted octanol–water partition coefficient (Wildman–Crippen LogP) is 4.36. The summed E-state index contributed by atoms with van der Waals surface area (Å²) in [6.45, 7) is 0. The molecule has 0 aliphatic rings. The summed E-state index contributed by atoms with van der Waals surface area (Å²) in [6.07, 6.45) is 0. The lowest BCUT2D eigenvalue weighted by Gasteiger charge is -2.12. The summed E-state index contributed by atoms with van der Waals surface area (Å²) in [5.74, 6) is -0.577. The van der Waals surface area contributed by atoms with Gasteiger partial charge in [0.25, 0.3) is 0 Å². The van der Waals surface area contributed by atoms with E-state index in [0.29, 0.717) is 5.56 Å². The second-order valence-electron chi connectivity index (χ2n) is 4.15. The van der Waals surface area contributed by atoms with Crippen LogP contribution in [0.2, 0.25) is 10.0 Å². The van der Waals surface area contributed by atoms with Crippen molar-refractivity contribution in [1.82, 2.24) is 0 Å². The highest BCUT2D eigenvalue weighted by molar-refractivity contribution is 6.37. The van der Waals surface area contributed by atoms with Crippen molar-refractivity contribution in [1.29, 1.82) is 5.26 Å². The summed E-state index contributed by atoms with van der Waals surface area (Å²) < 4.78 is 10.5. The molecule has 0 amide bonds. The van der Waals surface area contributed by atoms with E-state index in [0.717, 1.165) is 0 Å². The average molecular weight is 338 g/mol. The molecule has 0 aliphatic carbocycles. The van der Waals surface area contributed by atoms with E-state index in [1.165, 1.54) is 37.4 Å². The van der Waals surface area contributed by atoms with Gasteiger partial charge in [0.05, 0.1) is 28.8 Å². The maximum Gasteiger partial charge on any atom is 0.339 e. The van der Waals surface area contributed by atoms with Crippen molar-refractivity contribution in [2.75, 3.05) is 7.11 Å². The number of carboxylic acid groups (broad SMARTS) is 1. The topological polar surface area (TPSA) is 79.5 Å². The number of nitrogens with zero attached hydrogens (tertiary/aromatic N) is 1. The van der Waals surface area contributed by atoms with Crippen LogP contribution in [0.1, 0.15) is 15.9 Å². The Balaban J connectivity index is 2.42. The van der Waals surface area contributed by atoms with Gasteiger partial charge in [-0.05, 0) is 30.3 Å². The number of nitriles is 1. The molecule has 5 nitrogen and oxygen atoms in total. The molecule has 0 bridgehead atoms. The highest BCUT2D eigenvalue weighted by Crippen LogP contribution is 2.38.